The van der Waals surface area contributed by atoms with Gasteiger partial charge in [0.2, 0.25) is 11.8 Å². The minimum atomic E-state index is -0.731. The highest BCUT2D eigenvalue weighted by atomic mass is 16.2. The van der Waals surface area contributed by atoms with E-state index in [1.807, 2.05) is 18.2 Å². The van der Waals surface area contributed by atoms with Crippen LogP contribution in [0.1, 0.15) is 11.6 Å². The molecule has 0 saturated heterocycles. The number of hydrogen-bond donors (Lipinski definition) is 2. The molecular formula is C12H17N3O2. The Morgan fingerprint density at radius 1 is 1.35 bits per heavy atom. The van der Waals surface area contributed by atoms with Crippen LogP contribution in [0.25, 0.3) is 0 Å². The Labute approximate surface area is 101 Å². The molecule has 0 aromatic heterocycles. The van der Waals surface area contributed by atoms with E-state index in [-0.39, 0.29) is 18.4 Å². The second-order valence-corrected chi connectivity index (χ2v) is 3.76. The molecule has 92 valence electrons. The number of carbonyl (C=O) groups is 2. The zero-order valence-corrected chi connectivity index (χ0v) is 10.0. The van der Waals surface area contributed by atoms with Gasteiger partial charge < -0.3 is 16.0 Å². The summed E-state index contributed by atoms with van der Waals surface area (Å²) >= 11 is 0. The van der Waals surface area contributed by atoms with E-state index in [4.69, 9.17) is 5.73 Å². The molecule has 1 aromatic rings. The third-order valence-electron chi connectivity index (χ3n) is 2.46. The molecule has 0 radical (unpaired) electrons. The van der Waals surface area contributed by atoms with Gasteiger partial charge in [-0.05, 0) is 5.56 Å². The fourth-order valence-corrected chi connectivity index (χ4v) is 1.41. The van der Waals surface area contributed by atoms with Crippen molar-refractivity contribution < 1.29 is 9.59 Å². The first-order valence-corrected chi connectivity index (χ1v) is 5.32. The van der Waals surface area contributed by atoms with Crippen LogP contribution in [0, 0.1) is 0 Å². The molecule has 0 spiro atoms. The van der Waals surface area contributed by atoms with Crippen molar-refractivity contribution in [2.24, 2.45) is 5.73 Å². The summed E-state index contributed by atoms with van der Waals surface area (Å²) in [7, 11) is 3.08. The fourth-order valence-electron chi connectivity index (χ4n) is 1.41. The van der Waals surface area contributed by atoms with Crippen LogP contribution in [-0.2, 0) is 9.59 Å². The topological polar surface area (TPSA) is 75.4 Å². The van der Waals surface area contributed by atoms with Gasteiger partial charge in [0.05, 0.1) is 6.54 Å². The summed E-state index contributed by atoms with van der Waals surface area (Å²) in [5.41, 5.74) is 6.57. The molecule has 0 fully saturated rings. The molecule has 0 aliphatic rings. The van der Waals surface area contributed by atoms with E-state index in [1.54, 1.807) is 19.2 Å². The largest absolute Gasteiger partial charge is 0.358 e. The Morgan fingerprint density at radius 3 is 2.47 bits per heavy atom. The van der Waals surface area contributed by atoms with Crippen molar-refractivity contribution in [3.8, 4) is 0 Å². The Hall–Kier alpha value is -1.88. The lowest BCUT2D eigenvalue weighted by atomic mass is 10.1. The van der Waals surface area contributed by atoms with Gasteiger partial charge in [-0.2, -0.15) is 0 Å². The number of carbonyl (C=O) groups excluding carboxylic acids is 2. The number of benzene rings is 1. The van der Waals surface area contributed by atoms with Gasteiger partial charge in [0, 0.05) is 14.1 Å². The van der Waals surface area contributed by atoms with Gasteiger partial charge in [0.15, 0.2) is 0 Å². The Morgan fingerprint density at radius 2 is 1.94 bits per heavy atom. The maximum Gasteiger partial charge on any atom is 0.244 e. The molecule has 1 aromatic carbocycles. The zero-order valence-electron chi connectivity index (χ0n) is 10.0. The Kier molecular flexibility index (Phi) is 4.66. The monoisotopic (exact) mass is 235 g/mol. The molecule has 1 atom stereocenters. The molecule has 0 bridgehead atoms. The van der Waals surface area contributed by atoms with Gasteiger partial charge >= 0.3 is 0 Å². The number of nitrogens with two attached hydrogens (primary N) is 1. The molecule has 2 amide bonds. The fraction of sp³-hybridized carbons (Fsp3) is 0.333. The van der Waals surface area contributed by atoms with Crippen LogP contribution in [0.4, 0.5) is 0 Å². The SMILES string of the molecule is CNC(=O)CN(C)C(=O)[C@@H](N)c1ccccc1. The first-order chi connectivity index (χ1) is 8.06. The summed E-state index contributed by atoms with van der Waals surface area (Å²) in [6.07, 6.45) is 0. The first kappa shape index (κ1) is 13.2. The van der Waals surface area contributed by atoms with Crippen LogP contribution in [0.15, 0.2) is 30.3 Å². The number of nitrogens with zero attached hydrogens (tertiary/aromatic N) is 1. The van der Waals surface area contributed by atoms with Crippen LogP contribution in [-0.4, -0.2) is 37.4 Å². The van der Waals surface area contributed by atoms with Gasteiger partial charge in [-0.15, -0.1) is 0 Å². The van der Waals surface area contributed by atoms with Gasteiger partial charge in [0.25, 0.3) is 0 Å². The number of hydrogen-bond acceptors (Lipinski definition) is 3. The predicted molar refractivity (Wildman–Crippen MR) is 65.1 cm³/mol. The summed E-state index contributed by atoms with van der Waals surface area (Å²) in [5.74, 6) is -0.499. The molecular weight excluding hydrogens is 218 g/mol. The average Bonchev–Trinajstić information content (AvgIpc) is 2.37. The maximum atomic E-state index is 11.9. The highest BCUT2D eigenvalue weighted by Crippen LogP contribution is 2.11. The van der Waals surface area contributed by atoms with E-state index < -0.39 is 6.04 Å². The van der Waals surface area contributed by atoms with E-state index in [0.29, 0.717) is 0 Å². The smallest absolute Gasteiger partial charge is 0.244 e. The third kappa shape index (κ3) is 3.57. The molecule has 3 N–H and O–H groups in total. The van der Waals surface area contributed by atoms with Gasteiger partial charge in [-0.25, -0.2) is 0 Å². The number of amides is 2. The minimum Gasteiger partial charge on any atom is -0.358 e. The van der Waals surface area contributed by atoms with Gasteiger partial charge in [-0.3, -0.25) is 9.59 Å². The van der Waals surface area contributed by atoms with Crippen LogP contribution in [0.3, 0.4) is 0 Å². The zero-order chi connectivity index (χ0) is 12.8. The maximum absolute atomic E-state index is 11.9. The summed E-state index contributed by atoms with van der Waals surface area (Å²) in [5, 5.41) is 2.46. The molecule has 5 nitrogen and oxygen atoms in total. The summed E-state index contributed by atoms with van der Waals surface area (Å²) < 4.78 is 0. The first-order valence-electron chi connectivity index (χ1n) is 5.32. The quantitative estimate of drug-likeness (QED) is 0.764. The molecule has 0 heterocycles. The van der Waals surface area contributed by atoms with Crippen molar-refractivity contribution in [2.75, 3.05) is 20.6 Å². The molecule has 0 aliphatic carbocycles. The van der Waals surface area contributed by atoms with Crippen LogP contribution in [0.5, 0.6) is 0 Å². The van der Waals surface area contributed by atoms with E-state index in [1.165, 1.54) is 11.9 Å². The van der Waals surface area contributed by atoms with E-state index >= 15 is 0 Å². The number of likely N-dealkylation sites (N-methyl/N-ethyl adjacent to an activating group) is 2. The van der Waals surface area contributed by atoms with Crippen molar-refractivity contribution in [2.45, 2.75) is 6.04 Å². The normalized spacial score (nSPS) is 11.7. The Bertz CT molecular complexity index is 392. The lowest BCUT2D eigenvalue weighted by Gasteiger charge is -2.20. The van der Waals surface area contributed by atoms with E-state index in [0.717, 1.165) is 5.56 Å². The van der Waals surface area contributed by atoms with Gasteiger partial charge in [0.1, 0.15) is 6.04 Å². The molecule has 0 saturated carbocycles. The molecule has 0 aliphatic heterocycles. The summed E-state index contributed by atoms with van der Waals surface area (Å²) in [4.78, 5) is 24.4. The van der Waals surface area contributed by atoms with Crippen molar-refractivity contribution in [1.29, 1.82) is 0 Å². The lowest BCUT2D eigenvalue weighted by molar-refractivity contribution is -0.135. The van der Waals surface area contributed by atoms with Crippen LogP contribution < -0.4 is 11.1 Å². The minimum absolute atomic E-state index is 0.00979. The molecule has 1 rings (SSSR count). The molecule has 0 unspecified atom stereocenters. The Balaban J connectivity index is 2.67. The van der Waals surface area contributed by atoms with Crippen molar-refractivity contribution in [1.82, 2.24) is 10.2 Å². The second kappa shape index (κ2) is 6.00. The average molecular weight is 235 g/mol. The highest BCUT2D eigenvalue weighted by molar-refractivity contribution is 5.87. The molecule has 5 heteroatoms. The lowest BCUT2D eigenvalue weighted by Crippen LogP contribution is -2.41. The predicted octanol–water partition coefficient (Wildman–Crippen LogP) is -0.109. The van der Waals surface area contributed by atoms with Crippen molar-refractivity contribution in [3.63, 3.8) is 0 Å². The summed E-state index contributed by atoms with van der Waals surface area (Å²) in [6.45, 7) is 0.00979. The second-order valence-electron chi connectivity index (χ2n) is 3.76. The third-order valence-corrected chi connectivity index (χ3v) is 2.46. The van der Waals surface area contributed by atoms with Crippen LogP contribution >= 0.6 is 0 Å². The summed E-state index contributed by atoms with van der Waals surface area (Å²) in [6, 6.07) is 8.34. The number of nitrogens with one attached hydrogen (secondary N) is 1. The number of rotatable bonds is 4. The van der Waals surface area contributed by atoms with Crippen molar-refractivity contribution in [3.05, 3.63) is 35.9 Å². The van der Waals surface area contributed by atoms with Crippen molar-refractivity contribution >= 4 is 11.8 Å². The van der Waals surface area contributed by atoms with Crippen LogP contribution in [0.2, 0.25) is 0 Å². The van der Waals surface area contributed by atoms with Gasteiger partial charge in [-0.1, -0.05) is 30.3 Å². The van der Waals surface area contributed by atoms with E-state index in [9.17, 15) is 9.59 Å². The molecule has 17 heavy (non-hydrogen) atoms. The highest BCUT2D eigenvalue weighted by Gasteiger charge is 2.20. The van der Waals surface area contributed by atoms with E-state index in [2.05, 4.69) is 5.32 Å². The standard InChI is InChI=1S/C12H17N3O2/c1-14-10(16)8-15(2)12(17)11(13)9-6-4-3-5-7-9/h3-7,11H,8,13H2,1-2H3,(H,14,16)/t11-/m0/s1.